The van der Waals surface area contributed by atoms with Gasteiger partial charge in [0.1, 0.15) is 0 Å². The summed E-state index contributed by atoms with van der Waals surface area (Å²) in [6.45, 7) is 14.4. The Hall–Kier alpha value is -0.790. The third-order valence-corrected chi connectivity index (χ3v) is 2.94. The van der Waals surface area contributed by atoms with Crippen LogP contribution in [0.1, 0.15) is 40.5 Å². The first-order valence-electron chi connectivity index (χ1n) is 7.71. The molecule has 0 rings (SSSR count). The predicted octanol–water partition coefficient (Wildman–Crippen LogP) is 2.63. The average Bonchev–Trinajstić information content (AvgIpc) is 2.41. The van der Waals surface area contributed by atoms with Gasteiger partial charge in [-0.1, -0.05) is 26.8 Å². The van der Waals surface area contributed by atoms with Crippen molar-refractivity contribution in [1.82, 2.24) is 15.5 Å². The number of allylic oxidation sites excluding steroid dienone is 1. The van der Waals surface area contributed by atoms with E-state index in [2.05, 4.69) is 34.0 Å². The molecule has 0 aromatic heterocycles. The monoisotopic (exact) mass is 424 g/mol. The number of aliphatic imine (C=N–C) groups is 1. The second-order valence-corrected chi connectivity index (χ2v) is 6.09. The molecule has 0 radical (unpaired) electrons. The normalized spacial score (nSPS) is 11.4. The van der Waals surface area contributed by atoms with Gasteiger partial charge in [-0.15, -0.1) is 30.6 Å². The second-order valence-electron chi connectivity index (χ2n) is 6.09. The number of unbranched alkanes of at least 4 members (excludes halogenated alkanes) is 1. The van der Waals surface area contributed by atoms with E-state index in [0.717, 1.165) is 31.9 Å². The van der Waals surface area contributed by atoms with Crippen LogP contribution in [0.4, 0.5) is 0 Å². The van der Waals surface area contributed by atoms with Crippen molar-refractivity contribution in [3.8, 4) is 0 Å². The molecule has 0 atom stereocenters. The maximum absolute atomic E-state index is 11.7. The number of carbonyl (C=O) groups is 1. The SMILES string of the molecule is C=CCCCN(C)C(=NCCNC(=O)C(C)(C)C)NCC.I. The summed E-state index contributed by atoms with van der Waals surface area (Å²) in [6.07, 6.45) is 4.00. The molecule has 0 aliphatic carbocycles. The van der Waals surface area contributed by atoms with Gasteiger partial charge in [-0.05, 0) is 19.8 Å². The molecule has 1 amide bonds. The van der Waals surface area contributed by atoms with Gasteiger partial charge in [0.15, 0.2) is 5.96 Å². The van der Waals surface area contributed by atoms with E-state index in [1.54, 1.807) is 0 Å². The number of nitrogens with zero attached hydrogens (tertiary/aromatic N) is 2. The van der Waals surface area contributed by atoms with Gasteiger partial charge in [0, 0.05) is 32.1 Å². The Morgan fingerprint density at radius 3 is 2.45 bits per heavy atom. The molecule has 2 N–H and O–H groups in total. The van der Waals surface area contributed by atoms with Gasteiger partial charge in [-0.3, -0.25) is 9.79 Å². The lowest BCUT2D eigenvalue weighted by molar-refractivity contribution is -0.128. The highest BCUT2D eigenvalue weighted by atomic mass is 127. The molecule has 130 valence electrons. The van der Waals surface area contributed by atoms with Crippen molar-refractivity contribution in [2.24, 2.45) is 10.4 Å². The Labute approximate surface area is 153 Å². The summed E-state index contributed by atoms with van der Waals surface area (Å²) in [5, 5.41) is 6.17. The number of rotatable bonds is 8. The number of hydrogen-bond donors (Lipinski definition) is 2. The van der Waals surface area contributed by atoms with Crippen LogP contribution in [-0.4, -0.2) is 50.0 Å². The minimum Gasteiger partial charge on any atom is -0.357 e. The second kappa shape index (κ2) is 12.7. The summed E-state index contributed by atoms with van der Waals surface area (Å²) >= 11 is 0. The Balaban J connectivity index is 0. The first kappa shape index (κ1) is 23.5. The van der Waals surface area contributed by atoms with E-state index in [1.165, 1.54) is 0 Å². The average molecular weight is 424 g/mol. The summed E-state index contributed by atoms with van der Waals surface area (Å²) in [6, 6.07) is 0. The first-order chi connectivity index (χ1) is 9.82. The molecule has 0 spiro atoms. The topological polar surface area (TPSA) is 56.7 Å². The van der Waals surface area contributed by atoms with Crippen LogP contribution < -0.4 is 10.6 Å². The fourth-order valence-electron chi connectivity index (χ4n) is 1.64. The zero-order chi connectivity index (χ0) is 16.3. The highest BCUT2D eigenvalue weighted by Gasteiger charge is 2.20. The fraction of sp³-hybridized carbons (Fsp3) is 0.750. The minimum absolute atomic E-state index is 0. The molecule has 0 aliphatic rings. The van der Waals surface area contributed by atoms with Crippen molar-refractivity contribution in [2.45, 2.75) is 40.5 Å². The minimum atomic E-state index is -0.351. The molecule has 0 aromatic carbocycles. The summed E-state index contributed by atoms with van der Waals surface area (Å²) in [5.74, 6) is 0.939. The zero-order valence-corrected chi connectivity index (χ0v) is 17.1. The molecular formula is C16H33IN4O. The van der Waals surface area contributed by atoms with Crippen LogP contribution in [-0.2, 0) is 4.79 Å². The van der Waals surface area contributed by atoms with E-state index in [1.807, 2.05) is 33.9 Å². The van der Waals surface area contributed by atoms with Crippen molar-refractivity contribution in [3.63, 3.8) is 0 Å². The quantitative estimate of drug-likeness (QED) is 0.207. The molecule has 0 heterocycles. The van der Waals surface area contributed by atoms with Crippen LogP contribution in [0.25, 0.3) is 0 Å². The number of hydrogen-bond acceptors (Lipinski definition) is 2. The predicted molar refractivity (Wildman–Crippen MR) is 106 cm³/mol. The van der Waals surface area contributed by atoms with Crippen molar-refractivity contribution in [1.29, 1.82) is 0 Å². The standard InChI is InChI=1S/C16H32N4O.HI/c1-7-9-10-13-20(6)15(17-8-2)19-12-11-18-14(21)16(3,4)5;/h7H,1,8-13H2,2-6H3,(H,17,19)(H,18,21);1H. The Morgan fingerprint density at radius 1 is 1.32 bits per heavy atom. The third-order valence-electron chi connectivity index (χ3n) is 2.94. The van der Waals surface area contributed by atoms with Gasteiger partial charge < -0.3 is 15.5 Å². The highest BCUT2D eigenvalue weighted by Crippen LogP contribution is 2.11. The summed E-state index contributed by atoms with van der Waals surface area (Å²) in [4.78, 5) is 18.4. The molecule has 6 heteroatoms. The molecule has 0 unspecified atom stereocenters. The van der Waals surface area contributed by atoms with E-state index in [9.17, 15) is 4.79 Å². The molecule has 0 aromatic rings. The fourth-order valence-corrected chi connectivity index (χ4v) is 1.64. The Kier molecular flexibility index (Phi) is 13.6. The maximum Gasteiger partial charge on any atom is 0.225 e. The largest absolute Gasteiger partial charge is 0.357 e. The van der Waals surface area contributed by atoms with Crippen LogP contribution in [0.15, 0.2) is 17.6 Å². The van der Waals surface area contributed by atoms with Crippen molar-refractivity contribution < 1.29 is 4.79 Å². The zero-order valence-electron chi connectivity index (χ0n) is 14.7. The third kappa shape index (κ3) is 10.9. The van der Waals surface area contributed by atoms with Gasteiger partial charge in [0.2, 0.25) is 5.91 Å². The van der Waals surface area contributed by atoms with E-state index in [-0.39, 0.29) is 35.3 Å². The lowest BCUT2D eigenvalue weighted by Crippen LogP contribution is -2.40. The number of halogens is 1. The van der Waals surface area contributed by atoms with Gasteiger partial charge in [0.25, 0.3) is 0 Å². The van der Waals surface area contributed by atoms with Gasteiger partial charge in [-0.25, -0.2) is 0 Å². The smallest absolute Gasteiger partial charge is 0.225 e. The van der Waals surface area contributed by atoms with Crippen LogP contribution >= 0.6 is 24.0 Å². The van der Waals surface area contributed by atoms with E-state index in [4.69, 9.17) is 0 Å². The van der Waals surface area contributed by atoms with Gasteiger partial charge >= 0.3 is 0 Å². The number of nitrogens with one attached hydrogen (secondary N) is 2. The molecule has 22 heavy (non-hydrogen) atoms. The number of amides is 1. The molecular weight excluding hydrogens is 391 g/mol. The van der Waals surface area contributed by atoms with Gasteiger partial charge in [-0.2, -0.15) is 0 Å². The molecule has 0 bridgehead atoms. The Bertz CT molecular complexity index is 351. The van der Waals surface area contributed by atoms with E-state index >= 15 is 0 Å². The van der Waals surface area contributed by atoms with Crippen molar-refractivity contribution >= 4 is 35.8 Å². The lowest BCUT2D eigenvalue weighted by Gasteiger charge is -2.22. The van der Waals surface area contributed by atoms with Crippen molar-refractivity contribution in [3.05, 3.63) is 12.7 Å². The molecule has 0 saturated carbocycles. The summed E-state index contributed by atoms with van der Waals surface area (Å²) in [5.41, 5.74) is -0.351. The molecule has 0 aliphatic heterocycles. The van der Waals surface area contributed by atoms with Crippen LogP contribution in [0.2, 0.25) is 0 Å². The van der Waals surface area contributed by atoms with E-state index in [0.29, 0.717) is 13.1 Å². The summed E-state index contributed by atoms with van der Waals surface area (Å²) < 4.78 is 0. The first-order valence-corrected chi connectivity index (χ1v) is 7.71. The number of guanidine groups is 1. The van der Waals surface area contributed by atoms with Crippen LogP contribution in [0.3, 0.4) is 0 Å². The van der Waals surface area contributed by atoms with Gasteiger partial charge in [0.05, 0.1) is 6.54 Å². The molecule has 0 fully saturated rings. The van der Waals surface area contributed by atoms with E-state index < -0.39 is 0 Å². The van der Waals surface area contributed by atoms with Crippen LogP contribution in [0, 0.1) is 5.41 Å². The molecule has 5 nitrogen and oxygen atoms in total. The van der Waals surface area contributed by atoms with Crippen molar-refractivity contribution in [2.75, 3.05) is 33.2 Å². The maximum atomic E-state index is 11.7. The highest BCUT2D eigenvalue weighted by molar-refractivity contribution is 14.0. The molecule has 0 saturated heterocycles. The number of carbonyl (C=O) groups excluding carboxylic acids is 1. The Morgan fingerprint density at radius 2 is 1.95 bits per heavy atom. The summed E-state index contributed by atoms with van der Waals surface area (Å²) in [7, 11) is 2.03. The lowest BCUT2D eigenvalue weighted by atomic mass is 9.96. The van der Waals surface area contributed by atoms with Crippen LogP contribution in [0.5, 0.6) is 0 Å².